The number of rotatable bonds is 8. The van der Waals surface area contributed by atoms with Crippen molar-refractivity contribution in [3.8, 4) is 0 Å². The molecule has 0 aromatic heterocycles. The molecule has 1 rings (SSSR count). The number of carbonyl (C=O) groups is 6. The number of esters is 1. The Hall–Kier alpha value is -2.87. The lowest BCUT2D eigenvalue weighted by atomic mass is 9.86. The first-order chi connectivity index (χ1) is 16.1. The summed E-state index contributed by atoms with van der Waals surface area (Å²) in [6.45, 7) is 2.82. The van der Waals surface area contributed by atoms with Crippen LogP contribution in [-0.4, -0.2) is 110 Å². The molecule has 1 aliphatic rings. The summed E-state index contributed by atoms with van der Waals surface area (Å²) < 4.78 is 15.8. The number of nitrogens with one attached hydrogen (secondary N) is 2. The Morgan fingerprint density at radius 1 is 1.17 bits per heavy atom. The van der Waals surface area contributed by atoms with E-state index in [4.69, 9.17) is 19.3 Å². The van der Waals surface area contributed by atoms with Crippen molar-refractivity contribution in [2.24, 2.45) is 5.41 Å². The highest BCUT2D eigenvalue weighted by molar-refractivity contribution is 8.15. The molecular formula is C21H34N3O10S+. The minimum atomic E-state index is -1.53. The quantitative estimate of drug-likeness (QED) is 0.214. The molecule has 1 saturated heterocycles. The summed E-state index contributed by atoms with van der Waals surface area (Å²) in [6.07, 6.45) is -4.10. The van der Waals surface area contributed by atoms with Crippen LogP contribution < -0.4 is 10.6 Å². The van der Waals surface area contributed by atoms with Gasteiger partial charge in [0.15, 0.2) is 12.2 Å². The van der Waals surface area contributed by atoms with Crippen LogP contribution in [0.25, 0.3) is 0 Å². The first-order valence-electron chi connectivity index (χ1n) is 10.9. The lowest BCUT2D eigenvalue weighted by Gasteiger charge is -2.32. The summed E-state index contributed by atoms with van der Waals surface area (Å²) in [5, 5.41) is 13.2. The zero-order valence-corrected chi connectivity index (χ0v) is 21.4. The van der Waals surface area contributed by atoms with Crippen molar-refractivity contribution in [3.05, 3.63) is 0 Å². The molecule has 0 aromatic rings. The monoisotopic (exact) mass is 520 g/mol. The fourth-order valence-corrected chi connectivity index (χ4v) is 3.59. The van der Waals surface area contributed by atoms with Gasteiger partial charge in [0, 0.05) is 30.7 Å². The maximum absolute atomic E-state index is 12.7. The van der Waals surface area contributed by atoms with Crippen LogP contribution in [-0.2, 0) is 38.2 Å². The second-order valence-electron chi connectivity index (χ2n) is 9.65. The van der Waals surface area contributed by atoms with Gasteiger partial charge in [-0.25, -0.2) is 9.59 Å². The molecular weight excluding hydrogens is 486 g/mol. The van der Waals surface area contributed by atoms with Crippen molar-refractivity contribution in [1.82, 2.24) is 10.6 Å². The maximum Gasteiger partial charge on any atom is 0.508 e. The molecule has 35 heavy (non-hydrogen) atoms. The van der Waals surface area contributed by atoms with Crippen LogP contribution in [0.5, 0.6) is 0 Å². The Morgan fingerprint density at radius 3 is 2.43 bits per heavy atom. The number of hydrogen-bond acceptors (Lipinski definition) is 10. The van der Waals surface area contributed by atoms with Crippen LogP contribution in [0.2, 0.25) is 0 Å². The van der Waals surface area contributed by atoms with Crippen LogP contribution in [0.3, 0.4) is 0 Å². The molecule has 198 valence electrons. The first-order valence-corrected chi connectivity index (χ1v) is 11.9. The summed E-state index contributed by atoms with van der Waals surface area (Å²) >= 11 is 0.641. The zero-order chi connectivity index (χ0) is 26.8. The van der Waals surface area contributed by atoms with Crippen molar-refractivity contribution < 1.29 is 52.6 Å². The zero-order valence-electron chi connectivity index (χ0n) is 20.6. The summed E-state index contributed by atoms with van der Waals surface area (Å²) in [7, 11) is 5.40. The predicted octanol–water partition coefficient (Wildman–Crippen LogP) is -0.477. The normalized spacial score (nSPS) is 19.6. The molecule has 14 heteroatoms. The number of nitrogens with zero attached hydrogens (tertiary/aromatic N) is 1. The summed E-state index contributed by atoms with van der Waals surface area (Å²) in [5.41, 5.74) is -1.31. The Kier molecular flexibility index (Phi) is 11.4. The maximum atomic E-state index is 12.7. The molecule has 2 atom stereocenters. The molecule has 1 fully saturated rings. The molecule has 0 unspecified atom stereocenters. The molecule has 0 radical (unpaired) electrons. The van der Waals surface area contributed by atoms with Crippen molar-refractivity contribution in [1.29, 1.82) is 0 Å². The second kappa shape index (κ2) is 13.3. The van der Waals surface area contributed by atoms with Crippen LogP contribution in [0, 0.1) is 5.41 Å². The standard InChI is InChI=1S/C21H33N3O10S/c1-21(2,12-32-20(31)33-13(10-15(26)27)11-24(3,4)5)16-17(28)23-7-6-14(25)22-8-9-35-19(30)18(29)34-16/h13,16H,6-12H2,1-5H3,(H2-,22,23,25,26,27,28)/p+1/t13-,16+/m1/s1. The summed E-state index contributed by atoms with van der Waals surface area (Å²) in [6, 6.07) is 0. The van der Waals surface area contributed by atoms with Gasteiger partial charge in [0.05, 0.1) is 27.6 Å². The van der Waals surface area contributed by atoms with Crippen molar-refractivity contribution in [2.45, 2.75) is 38.9 Å². The van der Waals surface area contributed by atoms with Crippen molar-refractivity contribution in [3.63, 3.8) is 0 Å². The van der Waals surface area contributed by atoms with Gasteiger partial charge in [-0.15, -0.1) is 0 Å². The largest absolute Gasteiger partial charge is 0.508 e. The Bertz CT molecular complexity index is 825. The van der Waals surface area contributed by atoms with Gasteiger partial charge in [-0.05, 0) is 0 Å². The number of carbonyl (C=O) groups excluding carboxylic acids is 5. The van der Waals surface area contributed by atoms with Crippen molar-refractivity contribution in [2.75, 3.05) is 53.1 Å². The van der Waals surface area contributed by atoms with E-state index in [1.54, 1.807) is 21.1 Å². The van der Waals surface area contributed by atoms with Crippen molar-refractivity contribution >= 4 is 46.8 Å². The SMILES string of the molecule is CC(C)(COC(=O)O[C@H](CC(=O)O)C[N+](C)(C)C)[C@H]1OC(=O)C(=O)SCCNC(=O)CCNC1=O. The van der Waals surface area contributed by atoms with E-state index in [-0.39, 0.29) is 37.7 Å². The van der Waals surface area contributed by atoms with Crippen LogP contribution in [0.15, 0.2) is 0 Å². The van der Waals surface area contributed by atoms with Gasteiger partial charge in [0.1, 0.15) is 13.2 Å². The minimum Gasteiger partial charge on any atom is -0.481 e. The highest BCUT2D eigenvalue weighted by atomic mass is 32.2. The Labute approximate surface area is 207 Å². The third-order valence-electron chi connectivity index (χ3n) is 4.63. The third-order valence-corrected chi connectivity index (χ3v) is 5.46. The lowest BCUT2D eigenvalue weighted by Crippen LogP contribution is -2.50. The number of hydrogen-bond donors (Lipinski definition) is 3. The first kappa shape index (κ1) is 30.2. The van der Waals surface area contributed by atoms with Gasteiger partial charge in [-0.3, -0.25) is 19.2 Å². The molecule has 13 nitrogen and oxygen atoms in total. The number of quaternary nitrogens is 1. The highest BCUT2D eigenvalue weighted by Crippen LogP contribution is 2.26. The van der Waals surface area contributed by atoms with Crippen LogP contribution in [0.1, 0.15) is 26.7 Å². The Morgan fingerprint density at radius 2 is 1.83 bits per heavy atom. The predicted molar refractivity (Wildman–Crippen MR) is 123 cm³/mol. The minimum absolute atomic E-state index is 0.0223. The molecule has 3 N–H and O–H groups in total. The number of amides is 2. The number of likely N-dealkylation sites (N-methyl/N-ethyl adjacent to an activating group) is 1. The van der Waals surface area contributed by atoms with Gasteiger partial charge in [-0.1, -0.05) is 25.6 Å². The molecule has 0 saturated carbocycles. The fourth-order valence-electron chi connectivity index (χ4n) is 3.04. The number of thioether (sulfide) groups is 1. The molecule has 0 aromatic carbocycles. The molecule has 1 heterocycles. The van der Waals surface area contributed by atoms with E-state index in [1.165, 1.54) is 13.8 Å². The van der Waals surface area contributed by atoms with Crippen LogP contribution >= 0.6 is 11.8 Å². The molecule has 0 spiro atoms. The fraction of sp³-hybridized carbons (Fsp3) is 0.714. The number of cyclic esters (lactones) is 1. The average molecular weight is 521 g/mol. The van der Waals surface area contributed by atoms with Gasteiger partial charge in [-0.2, -0.15) is 0 Å². The molecule has 0 aliphatic carbocycles. The van der Waals surface area contributed by atoms with E-state index in [0.29, 0.717) is 16.2 Å². The topological polar surface area (TPSA) is 174 Å². The highest BCUT2D eigenvalue weighted by Gasteiger charge is 2.41. The number of aliphatic carboxylic acids is 1. The van der Waals surface area contributed by atoms with Gasteiger partial charge >= 0.3 is 18.1 Å². The lowest BCUT2D eigenvalue weighted by molar-refractivity contribution is -0.873. The van der Waals surface area contributed by atoms with E-state index in [1.807, 2.05) is 0 Å². The molecule has 1 aliphatic heterocycles. The van der Waals surface area contributed by atoms with E-state index in [0.717, 1.165) is 0 Å². The number of carboxylic acids is 1. The van der Waals surface area contributed by atoms with Crippen LogP contribution in [0.4, 0.5) is 4.79 Å². The third kappa shape index (κ3) is 11.9. The van der Waals surface area contributed by atoms with Gasteiger partial charge in [0.25, 0.3) is 11.0 Å². The van der Waals surface area contributed by atoms with E-state index < -0.39 is 59.8 Å². The van der Waals surface area contributed by atoms with Gasteiger partial charge < -0.3 is 34.4 Å². The molecule has 2 amide bonds. The number of ether oxygens (including phenoxy) is 3. The molecule has 0 bridgehead atoms. The summed E-state index contributed by atoms with van der Waals surface area (Å²) in [5.74, 6) is -3.37. The van der Waals surface area contributed by atoms with E-state index in [9.17, 15) is 28.8 Å². The summed E-state index contributed by atoms with van der Waals surface area (Å²) in [4.78, 5) is 72.2. The Balaban J connectivity index is 2.92. The van der Waals surface area contributed by atoms with Gasteiger partial charge in [0.2, 0.25) is 5.91 Å². The van der Waals surface area contributed by atoms with E-state index >= 15 is 0 Å². The van der Waals surface area contributed by atoms with E-state index in [2.05, 4.69) is 10.6 Å². The average Bonchev–Trinajstić information content (AvgIpc) is 2.71. The smallest absolute Gasteiger partial charge is 0.481 e. The number of carboxylic acid groups (broad SMARTS) is 1. The second-order valence-corrected chi connectivity index (χ2v) is 10.7.